The molecular weight excluding hydrogens is 415 g/mol. The Bertz CT molecular complexity index is 551. The summed E-state index contributed by atoms with van der Waals surface area (Å²) in [6.07, 6.45) is 1.89. The van der Waals surface area contributed by atoms with Gasteiger partial charge in [-0.05, 0) is 32.2 Å². The molecule has 2 N–H and O–H groups in total. The second-order valence-electron chi connectivity index (χ2n) is 4.44. The zero-order chi connectivity index (χ0) is 14.4. The highest BCUT2D eigenvalue weighted by molar-refractivity contribution is 14.0. The van der Waals surface area contributed by atoms with Crippen molar-refractivity contribution in [3.05, 3.63) is 38.5 Å². The largest absolute Gasteiger partial charge is 0.357 e. The summed E-state index contributed by atoms with van der Waals surface area (Å²) in [6.45, 7) is 7.74. The van der Waals surface area contributed by atoms with E-state index < -0.39 is 0 Å². The van der Waals surface area contributed by atoms with Gasteiger partial charge in [-0.2, -0.15) is 0 Å². The first kappa shape index (κ1) is 18.4. The van der Waals surface area contributed by atoms with Crippen LogP contribution < -0.4 is 10.6 Å². The second-order valence-corrected chi connectivity index (χ2v) is 6.74. The van der Waals surface area contributed by atoms with Crippen molar-refractivity contribution >= 4 is 52.6 Å². The van der Waals surface area contributed by atoms with Crippen LogP contribution in [-0.2, 0) is 6.54 Å². The summed E-state index contributed by atoms with van der Waals surface area (Å²) in [5.41, 5.74) is 0. The fourth-order valence-electron chi connectivity index (χ4n) is 1.76. The molecule has 0 saturated heterocycles. The highest BCUT2D eigenvalue weighted by Gasteiger charge is 2.08. The lowest BCUT2D eigenvalue weighted by Gasteiger charge is -2.16. The first-order chi connectivity index (χ1) is 9.69. The molecular formula is C14H21IN4S2. The van der Waals surface area contributed by atoms with E-state index in [1.807, 2.05) is 6.20 Å². The molecule has 0 aromatic carbocycles. The number of hydrogen-bond acceptors (Lipinski definition) is 4. The summed E-state index contributed by atoms with van der Waals surface area (Å²) >= 11 is 3.45. The molecule has 4 nitrogen and oxygen atoms in total. The number of nitrogens with one attached hydrogen (secondary N) is 2. The Morgan fingerprint density at radius 1 is 1.48 bits per heavy atom. The minimum atomic E-state index is 0. The Hall–Kier alpha value is -0.670. The van der Waals surface area contributed by atoms with Crippen LogP contribution in [0.2, 0.25) is 0 Å². The standard InChI is InChI=1S/C14H20N4S2.HI/c1-4-15-14(17-9-13-16-8-10(2)20-13)18-11(3)12-6-5-7-19-12;/h5-8,11H,4,9H2,1-3H3,(H2,15,17,18);1H. The first-order valence-corrected chi connectivity index (χ1v) is 8.38. The number of aromatic nitrogens is 1. The highest BCUT2D eigenvalue weighted by Crippen LogP contribution is 2.18. The number of halogens is 1. The van der Waals surface area contributed by atoms with Crippen LogP contribution in [0.15, 0.2) is 28.7 Å². The number of guanidine groups is 1. The zero-order valence-corrected chi connectivity index (χ0v) is 16.4. The molecule has 116 valence electrons. The normalized spacial score (nSPS) is 12.6. The van der Waals surface area contributed by atoms with E-state index in [2.05, 4.69) is 58.9 Å². The zero-order valence-electron chi connectivity index (χ0n) is 12.4. The number of thiazole rings is 1. The van der Waals surface area contributed by atoms with Gasteiger partial charge >= 0.3 is 0 Å². The Labute approximate surface area is 151 Å². The summed E-state index contributed by atoms with van der Waals surface area (Å²) in [5.74, 6) is 0.834. The second kappa shape index (κ2) is 9.37. The van der Waals surface area contributed by atoms with Gasteiger partial charge in [0.25, 0.3) is 0 Å². The van der Waals surface area contributed by atoms with E-state index in [-0.39, 0.29) is 30.0 Å². The fourth-order valence-corrected chi connectivity index (χ4v) is 3.20. The molecule has 0 aliphatic carbocycles. The van der Waals surface area contributed by atoms with Gasteiger partial charge in [0.15, 0.2) is 5.96 Å². The van der Waals surface area contributed by atoms with Gasteiger partial charge in [0.2, 0.25) is 0 Å². The molecule has 0 aliphatic heterocycles. The molecule has 0 bridgehead atoms. The molecule has 21 heavy (non-hydrogen) atoms. The van der Waals surface area contributed by atoms with E-state index in [1.54, 1.807) is 22.7 Å². The molecule has 0 fully saturated rings. The topological polar surface area (TPSA) is 49.3 Å². The highest BCUT2D eigenvalue weighted by atomic mass is 127. The molecule has 1 atom stereocenters. The van der Waals surface area contributed by atoms with E-state index >= 15 is 0 Å². The molecule has 0 spiro atoms. The predicted octanol–water partition coefficient (Wildman–Crippen LogP) is 3.95. The number of nitrogens with zero attached hydrogens (tertiary/aromatic N) is 2. The summed E-state index contributed by atoms with van der Waals surface area (Å²) in [4.78, 5) is 11.5. The SMILES string of the molecule is CCNC(=NCc1ncc(C)s1)NC(C)c1cccs1.I. The van der Waals surface area contributed by atoms with Crippen LogP contribution in [-0.4, -0.2) is 17.5 Å². The lowest BCUT2D eigenvalue weighted by atomic mass is 10.3. The van der Waals surface area contributed by atoms with Gasteiger partial charge in [0.05, 0.1) is 12.6 Å². The number of rotatable bonds is 5. The van der Waals surface area contributed by atoms with Gasteiger partial charge < -0.3 is 10.6 Å². The number of aliphatic imine (C=N–C) groups is 1. The van der Waals surface area contributed by atoms with E-state index in [1.165, 1.54) is 9.75 Å². The quantitative estimate of drug-likeness (QED) is 0.424. The number of thiophene rings is 1. The Balaban J connectivity index is 0.00000220. The Morgan fingerprint density at radius 3 is 2.86 bits per heavy atom. The van der Waals surface area contributed by atoms with Crippen molar-refractivity contribution in [3.63, 3.8) is 0 Å². The molecule has 2 aromatic rings. The third-order valence-corrected chi connectivity index (χ3v) is 4.66. The van der Waals surface area contributed by atoms with Crippen molar-refractivity contribution in [1.82, 2.24) is 15.6 Å². The van der Waals surface area contributed by atoms with Crippen LogP contribution in [0.5, 0.6) is 0 Å². The predicted molar refractivity (Wildman–Crippen MR) is 103 cm³/mol. The van der Waals surface area contributed by atoms with Gasteiger partial charge in [0, 0.05) is 22.5 Å². The van der Waals surface area contributed by atoms with Gasteiger partial charge in [-0.25, -0.2) is 9.98 Å². The summed E-state index contributed by atoms with van der Waals surface area (Å²) in [5, 5.41) is 9.83. The Kier molecular flexibility index (Phi) is 8.20. The molecule has 0 saturated carbocycles. The van der Waals surface area contributed by atoms with Gasteiger partial charge in [-0.15, -0.1) is 46.7 Å². The van der Waals surface area contributed by atoms with Crippen molar-refractivity contribution in [3.8, 4) is 0 Å². The monoisotopic (exact) mass is 436 g/mol. The molecule has 0 amide bonds. The molecule has 2 rings (SSSR count). The molecule has 2 heterocycles. The van der Waals surface area contributed by atoms with Crippen molar-refractivity contribution in [2.45, 2.75) is 33.4 Å². The third-order valence-electron chi connectivity index (χ3n) is 2.71. The summed E-state index contributed by atoms with van der Waals surface area (Å²) < 4.78 is 0. The maximum atomic E-state index is 4.59. The minimum Gasteiger partial charge on any atom is -0.357 e. The first-order valence-electron chi connectivity index (χ1n) is 6.68. The van der Waals surface area contributed by atoms with Crippen LogP contribution in [0.25, 0.3) is 0 Å². The van der Waals surface area contributed by atoms with Crippen molar-refractivity contribution in [2.24, 2.45) is 4.99 Å². The molecule has 0 radical (unpaired) electrons. The lowest BCUT2D eigenvalue weighted by molar-refractivity contribution is 0.697. The maximum absolute atomic E-state index is 4.59. The molecule has 0 aliphatic rings. The van der Waals surface area contributed by atoms with Crippen LogP contribution in [0, 0.1) is 6.92 Å². The van der Waals surface area contributed by atoms with Crippen LogP contribution in [0.3, 0.4) is 0 Å². The maximum Gasteiger partial charge on any atom is 0.192 e. The minimum absolute atomic E-state index is 0. The van der Waals surface area contributed by atoms with E-state index in [4.69, 9.17) is 0 Å². The smallest absolute Gasteiger partial charge is 0.192 e. The summed E-state index contributed by atoms with van der Waals surface area (Å²) in [6, 6.07) is 4.46. The molecule has 7 heteroatoms. The van der Waals surface area contributed by atoms with Crippen molar-refractivity contribution in [1.29, 1.82) is 0 Å². The van der Waals surface area contributed by atoms with Crippen LogP contribution in [0.1, 0.15) is 34.7 Å². The Morgan fingerprint density at radius 2 is 2.29 bits per heavy atom. The average Bonchev–Trinajstić information content (AvgIpc) is 3.07. The van der Waals surface area contributed by atoms with E-state index in [0.717, 1.165) is 17.5 Å². The average molecular weight is 436 g/mol. The fraction of sp³-hybridized carbons (Fsp3) is 0.429. The lowest BCUT2D eigenvalue weighted by Crippen LogP contribution is -2.38. The summed E-state index contributed by atoms with van der Waals surface area (Å²) in [7, 11) is 0. The van der Waals surface area contributed by atoms with E-state index in [9.17, 15) is 0 Å². The van der Waals surface area contributed by atoms with Gasteiger partial charge in [-0.3, -0.25) is 0 Å². The number of hydrogen-bond donors (Lipinski definition) is 2. The number of aryl methyl sites for hydroxylation is 1. The third kappa shape index (κ3) is 5.91. The van der Waals surface area contributed by atoms with Crippen molar-refractivity contribution in [2.75, 3.05) is 6.54 Å². The van der Waals surface area contributed by atoms with Gasteiger partial charge in [-0.1, -0.05) is 6.07 Å². The van der Waals surface area contributed by atoms with E-state index in [0.29, 0.717) is 6.54 Å². The van der Waals surface area contributed by atoms with Crippen LogP contribution >= 0.6 is 46.7 Å². The van der Waals surface area contributed by atoms with Gasteiger partial charge in [0.1, 0.15) is 5.01 Å². The van der Waals surface area contributed by atoms with Crippen LogP contribution in [0.4, 0.5) is 0 Å². The van der Waals surface area contributed by atoms with Crippen molar-refractivity contribution < 1.29 is 0 Å². The molecule has 2 aromatic heterocycles. The molecule has 1 unspecified atom stereocenters.